The van der Waals surface area contributed by atoms with E-state index in [0.717, 1.165) is 10.6 Å². The Bertz CT molecular complexity index is 987. The number of sulfonamides is 1. The van der Waals surface area contributed by atoms with Crippen molar-refractivity contribution >= 4 is 33.3 Å². The number of amides is 1. The summed E-state index contributed by atoms with van der Waals surface area (Å²) in [6.45, 7) is 3.47. The number of esters is 1. The molecule has 2 rings (SSSR count). The molecule has 0 aliphatic carbocycles. The Labute approximate surface area is 170 Å². The van der Waals surface area contributed by atoms with Gasteiger partial charge in [0.15, 0.2) is 6.61 Å². The van der Waals surface area contributed by atoms with Crippen molar-refractivity contribution in [3.63, 3.8) is 0 Å². The van der Waals surface area contributed by atoms with Crippen LogP contribution in [0, 0.1) is 6.92 Å². The van der Waals surface area contributed by atoms with Crippen molar-refractivity contribution in [2.75, 3.05) is 36.1 Å². The SMILES string of the molecule is CCOC(=O)c1cccc(NC(=O)COc2ccc(N(C)S(C)(=O)=O)cc2)c1C. The largest absolute Gasteiger partial charge is 0.484 e. The van der Waals surface area contributed by atoms with Crippen molar-refractivity contribution in [2.45, 2.75) is 13.8 Å². The van der Waals surface area contributed by atoms with E-state index in [4.69, 9.17) is 9.47 Å². The lowest BCUT2D eigenvalue weighted by molar-refractivity contribution is -0.118. The number of carbonyl (C=O) groups is 2. The van der Waals surface area contributed by atoms with Gasteiger partial charge in [0.1, 0.15) is 5.75 Å². The van der Waals surface area contributed by atoms with E-state index >= 15 is 0 Å². The average molecular weight is 420 g/mol. The number of hydrogen-bond donors (Lipinski definition) is 1. The minimum absolute atomic E-state index is 0.246. The van der Waals surface area contributed by atoms with E-state index in [1.54, 1.807) is 56.3 Å². The Balaban J connectivity index is 1.99. The zero-order valence-electron chi connectivity index (χ0n) is 16.8. The van der Waals surface area contributed by atoms with Gasteiger partial charge in [0.2, 0.25) is 10.0 Å². The molecular formula is C20H24N2O6S. The second-order valence-electron chi connectivity index (χ2n) is 6.26. The Morgan fingerprint density at radius 3 is 2.34 bits per heavy atom. The first-order chi connectivity index (χ1) is 13.6. The van der Waals surface area contributed by atoms with Crippen LogP contribution in [-0.2, 0) is 19.6 Å². The molecule has 156 valence electrons. The summed E-state index contributed by atoms with van der Waals surface area (Å²) in [5, 5.41) is 2.71. The normalized spacial score (nSPS) is 10.9. The summed E-state index contributed by atoms with van der Waals surface area (Å²) in [6.07, 6.45) is 1.11. The van der Waals surface area contributed by atoms with Crippen LogP contribution < -0.4 is 14.4 Å². The van der Waals surface area contributed by atoms with E-state index in [1.807, 2.05) is 0 Å². The molecule has 9 heteroatoms. The van der Waals surface area contributed by atoms with Crippen molar-refractivity contribution in [1.29, 1.82) is 0 Å². The highest BCUT2D eigenvalue weighted by molar-refractivity contribution is 7.92. The first-order valence-electron chi connectivity index (χ1n) is 8.86. The van der Waals surface area contributed by atoms with E-state index in [-0.39, 0.29) is 13.2 Å². The molecule has 0 radical (unpaired) electrons. The summed E-state index contributed by atoms with van der Waals surface area (Å²) in [5.74, 6) is -0.425. The molecule has 0 bridgehead atoms. The van der Waals surface area contributed by atoms with Gasteiger partial charge < -0.3 is 14.8 Å². The number of anilines is 2. The minimum Gasteiger partial charge on any atom is -0.484 e. The van der Waals surface area contributed by atoms with Gasteiger partial charge >= 0.3 is 5.97 Å². The van der Waals surface area contributed by atoms with Crippen molar-refractivity contribution in [1.82, 2.24) is 0 Å². The Kier molecular flexibility index (Phi) is 7.22. The highest BCUT2D eigenvalue weighted by Crippen LogP contribution is 2.21. The molecule has 0 aliphatic heterocycles. The van der Waals surface area contributed by atoms with Crippen LogP contribution in [0.1, 0.15) is 22.8 Å². The summed E-state index contributed by atoms with van der Waals surface area (Å²) < 4.78 is 34.7. The van der Waals surface area contributed by atoms with Crippen LogP contribution in [0.4, 0.5) is 11.4 Å². The number of nitrogens with zero attached hydrogens (tertiary/aromatic N) is 1. The van der Waals surface area contributed by atoms with Gasteiger partial charge in [0.05, 0.1) is 24.1 Å². The van der Waals surface area contributed by atoms with Crippen LogP contribution in [0.15, 0.2) is 42.5 Å². The lowest BCUT2D eigenvalue weighted by atomic mass is 10.1. The summed E-state index contributed by atoms with van der Waals surface area (Å²) in [7, 11) is -1.90. The summed E-state index contributed by atoms with van der Waals surface area (Å²) >= 11 is 0. The van der Waals surface area contributed by atoms with Gasteiger partial charge in [0.25, 0.3) is 5.91 Å². The third kappa shape index (κ3) is 5.95. The molecule has 0 spiro atoms. The fourth-order valence-corrected chi connectivity index (χ4v) is 2.98. The monoisotopic (exact) mass is 420 g/mol. The molecule has 2 aromatic carbocycles. The van der Waals surface area contributed by atoms with Gasteiger partial charge in [-0.2, -0.15) is 0 Å². The van der Waals surface area contributed by atoms with Crippen LogP contribution in [0.5, 0.6) is 5.75 Å². The van der Waals surface area contributed by atoms with Crippen molar-refractivity contribution < 1.29 is 27.5 Å². The first-order valence-corrected chi connectivity index (χ1v) is 10.7. The highest BCUT2D eigenvalue weighted by atomic mass is 32.2. The average Bonchev–Trinajstić information content (AvgIpc) is 2.67. The standard InChI is InChI=1S/C20H24N2O6S/c1-5-27-20(24)17-7-6-8-18(14(17)2)21-19(23)13-28-16-11-9-15(10-12-16)22(3)29(4,25)26/h6-12H,5,13H2,1-4H3,(H,21,23). The molecule has 0 saturated carbocycles. The maximum absolute atomic E-state index is 12.2. The molecule has 0 heterocycles. The summed E-state index contributed by atoms with van der Waals surface area (Å²) in [6, 6.07) is 11.3. The molecule has 0 fully saturated rings. The Morgan fingerprint density at radius 1 is 1.10 bits per heavy atom. The van der Waals surface area contributed by atoms with Crippen LogP contribution in [0.3, 0.4) is 0 Å². The molecule has 1 amide bonds. The molecule has 0 aromatic heterocycles. The fraction of sp³-hybridized carbons (Fsp3) is 0.300. The van der Waals surface area contributed by atoms with Crippen LogP contribution in [0.25, 0.3) is 0 Å². The van der Waals surface area contributed by atoms with Crippen LogP contribution >= 0.6 is 0 Å². The molecule has 29 heavy (non-hydrogen) atoms. The number of ether oxygens (including phenoxy) is 2. The summed E-state index contributed by atoms with van der Waals surface area (Å²) in [5.41, 5.74) is 1.97. The third-order valence-corrected chi connectivity index (χ3v) is 5.38. The maximum atomic E-state index is 12.2. The van der Waals surface area contributed by atoms with Crippen molar-refractivity contribution in [2.24, 2.45) is 0 Å². The molecule has 8 nitrogen and oxygen atoms in total. The highest BCUT2D eigenvalue weighted by Gasteiger charge is 2.15. The molecular weight excluding hydrogens is 396 g/mol. The van der Waals surface area contributed by atoms with E-state index in [0.29, 0.717) is 28.3 Å². The van der Waals surface area contributed by atoms with Crippen LogP contribution in [-0.4, -0.2) is 46.8 Å². The summed E-state index contributed by atoms with van der Waals surface area (Å²) in [4.78, 5) is 24.2. The predicted octanol–water partition coefficient (Wildman–Crippen LogP) is 2.59. The fourth-order valence-electron chi connectivity index (χ4n) is 2.48. The first kappa shape index (κ1) is 22.2. The quantitative estimate of drug-likeness (QED) is 0.659. The lowest BCUT2D eigenvalue weighted by Gasteiger charge is -2.17. The van der Waals surface area contributed by atoms with E-state index < -0.39 is 21.9 Å². The Morgan fingerprint density at radius 2 is 1.76 bits per heavy atom. The lowest BCUT2D eigenvalue weighted by Crippen LogP contribution is -2.24. The van der Waals surface area contributed by atoms with Gasteiger partial charge in [-0.05, 0) is 55.8 Å². The number of carbonyl (C=O) groups excluding carboxylic acids is 2. The smallest absolute Gasteiger partial charge is 0.338 e. The molecule has 0 saturated heterocycles. The van der Waals surface area contributed by atoms with Gasteiger partial charge in [-0.1, -0.05) is 6.07 Å². The molecule has 0 unspecified atom stereocenters. The second-order valence-corrected chi connectivity index (χ2v) is 8.27. The number of rotatable bonds is 8. The molecule has 0 aliphatic rings. The van der Waals surface area contributed by atoms with E-state index in [2.05, 4.69) is 5.32 Å². The van der Waals surface area contributed by atoms with Crippen molar-refractivity contribution in [3.05, 3.63) is 53.6 Å². The minimum atomic E-state index is -3.35. The Hall–Kier alpha value is -3.07. The topological polar surface area (TPSA) is 102 Å². The van der Waals surface area contributed by atoms with Crippen molar-refractivity contribution in [3.8, 4) is 5.75 Å². The second kappa shape index (κ2) is 9.42. The predicted molar refractivity (Wildman–Crippen MR) is 111 cm³/mol. The van der Waals surface area contributed by atoms with E-state index in [9.17, 15) is 18.0 Å². The molecule has 0 atom stereocenters. The third-order valence-electron chi connectivity index (χ3n) is 4.17. The zero-order chi connectivity index (χ0) is 21.6. The van der Waals surface area contributed by atoms with Gasteiger partial charge in [-0.25, -0.2) is 13.2 Å². The van der Waals surface area contributed by atoms with Gasteiger partial charge in [0, 0.05) is 12.7 Å². The van der Waals surface area contributed by atoms with Crippen LogP contribution in [0.2, 0.25) is 0 Å². The molecule has 1 N–H and O–H groups in total. The maximum Gasteiger partial charge on any atom is 0.338 e. The molecule has 2 aromatic rings. The number of nitrogens with one attached hydrogen (secondary N) is 1. The number of hydrogen-bond acceptors (Lipinski definition) is 6. The van der Waals surface area contributed by atoms with E-state index in [1.165, 1.54) is 7.05 Å². The zero-order valence-corrected chi connectivity index (χ0v) is 17.6. The number of benzene rings is 2. The van der Waals surface area contributed by atoms with Gasteiger partial charge in [-0.3, -0.25) is 9.10 Å². The van der Waals surface area contributed by atoms with Gasteiger partial charge in [-0.15, -0.1) is 0 Å².